The second-order valence-corrected chi connectivity index (χ2v) is 12.7. The van der Waals surface area contributed by atoms with Crippen LogP contribution in [0.1, 0.15) is 46.6 Å². The van der Waals surface area contributed by atoms with Crippen LogP contribution in [0.15, 0.2) is 158 Å². The van der Waals surface area contributed by atoms with E-state index >= 15 is 0 Å². The van der Waals surface area contributed by atoms with E-state index in [1.54, 1.807) is 0 Å². The highest BCUT2D eigenvalue weighted by molar-refractivity contribution is 6.19. The smallest absolute Gasteiger partial charge is 0.0130 e. The Kier molecular flexibility index (Phi) is 6.53. The molecule has 2 aliphatic carbocycles. The third-order valence-electron chi connectivity index (χ3n) is 10.1. The first kappa shape index (κ1) is 26.9. The van der Waals surface area contributed by atoms with Crippen molar-refractivity contribution < 1.29 is 0 Å². The Hall–Kier alpha value is -5.46. The molecule has 0 aliphatic heterocycles. The third kappa shape index (κ3) is 4.44. The summed E-state index contributed by atoms with van der Waals surface area (Å²) in [4.78, 5) is 0. The van der Waals surface area contributed by atoms with E-state index in [9.17, 15) is 0 Å². The maximum atomic E-state index is 2.47. The maximum absolute atomic E-state index is 2.47. The molecule has 1 atom stereocenters. The number of allylic oxidation sites excluding steroid dienone is 5. The van der Waals surface area contributed by atoms with Crippen LogP contribution in [0.4, 0.5) is 0 Å². The lowest BCUT2D eigenvalue weighted by atomic mass is 9.77. The molecule has 0 heteroatoms. The second-order valence-electron chi connectivity index (χ2n) is 12.7. The molecule has 0 N–H and O–H groups in total. The standard InChI is InChI=1S/C46H34/c1-2-13-31(14-3-1)38-18-6-7-19-40(38)46-43-22-10-8-20-41(43)45(42-21-9-11-23-44(42)46)36-28-26-33-29-35(27-25-34(33)30-36)39-24-12-16-32-15-4-5-17-37(32)39/h1-17,19-24,26,28-30,38H,18,25,27H2. The topological polar surface area (TPSA) is 0 Å². The molecule has 1 unspecified atom stereocenters. The zero-order chi connectivity index (χ0) is 30.5. The summed E-state index contributed by atoms with van der Waals surface area (Å²) in [5.41, 5.74) is 12.4. The molecule has 0 aromatic heterocycles. The molecular weight excluding hydrogens is 553 g/mol. The zero-order valence-corrected chi connectivity index (χ0v) is 25.8. The summed E-state index contributed by atoms with van der Waals surface area (Å²) in [6.07, 6.45) is 12.4. The number of hydrogen-bond donors (Lipinski definition) is 0. The normalized spacial score (nSPS) is 16.0. The Balaban J connectivity index is 1.21. The molecule has 0 amide bonds. The van der Waals surface area contributed by atoms with Crippen LogP contribution in [0.5, 0.6) is 0 Å². The lowest BCUT2D eigenvalue weighted by Gasteiger charge is -2.26. The number of benzene rings is 7. The monoisotopic (exact) mass is 586 g/mol. The van der Waals surface area contributed by atoms with Crippen LogP contribution in [0.25, 0.3) is 60.7 Å². The van der Waals surface area contributed by atoms with Gasteiger partial charge >= 0.3 is 0 Å². The second kappa shape index (κ2) is 11.2. The minimum Gasteiger partial charge on any atom is -0.0836 e. The van der Waals surface area contributed by atoms with Gasteiger partial charge in [-0.25, -0.2) is 0 Å². The quantitative estimate of drug-likeness (QED) is 0.180. The third-order valence-corrected chi connectivity index (χ3v) is 10.1. The lowest BCUT2D eigenvalue weighted by Crippen LogP contribution is -2.06. The van der Waals surface area contributed by atoms with Gasteiger partial charge in [0.15, 0.2) is 0 Å². The number of aryl methyl sites for hydroxylation is 1. The van der Waals surface area contributed by atoms with E-state index < -0.39 is 0 Å². The molecule has 2 aliphatic rings. The van der Waals surface area contributed by atoms with E-state index in [-0.39, 0.29) is 0 Å². The van der Waals surface area contributed by atoms with Crippen LogP contribution in [0.3, 0.4) is 0 Å². The van der Waals surface area contributed by atoms with Crippen LogP contribution < -0.4 is 0 Å². The van der Waals surface area contributed by atoms with E-state index in [4.69, 9.17) is 0 Å². The molecule has 0 nitrogen and oxygen atoms in total. The molecule has 0 bridgehead atoms. The molecule has 0 saturated heterocycles. The molecule has 0 radical (unpaired) electrons. The summed E-state index contributed by atoms with van der Waals surface area (Å²) in [6, 6.07) is 51.8. The molecule has 218 valence electrons. The largest absolute Gasteiger partial charge is 0.0836 e. The Morgan fingerprint density at radius 1 is 0.522 bits per heavy atom. The van der Waals surface area contributed by atoms with E-state index in [1.807, 2.05) is 0 Å². The minimum atomic E-state index is 0.329. The van der Waals surface area contributed by atoms with Crippen LogP contribution in [-0.2, 0) is 6.42 Å². The highest BCUT2D eigenvalue weighted by Gasteiger charge is 2.25. The molecule has 46 heavy (non-hydrogen) atoms. The van der Waals surface area contributed by atoms with E-state index in [2.05, 4.69) is 164 Å². The van der Waals surface area contributed by atoms with Crippen LogP contribution >= 0.6 is 0 Å². The van der Waals surface area contributed by atoms with Gasteiger partial charge in [-0.3, -0.25) is 0 Å². The van der Waals surface area contributed by atoms with Crippen molar-refractivity contribution >= 4 is 49.5 Å². The van der Waals surface area contributed by atoms with E-state index in [1.165, 1.54) is 82.4 Å². The Bertz CT molecular complexity index is 2320. The van der Waals surface area contributed by atoms with Gasteiger partial charge in [-0.1, -0.05) is 164 Å². The van der Waals surface area contributed by atoms with Gasteiger partial charge in [-0.15, -0.1) is 0 Å². The summed E-state index contributed by atoms with van der Waals surface area (Å²) in [7, 11) is 0. The van der Waals surface area contributed by atoms with Gasteiger partial charge in [-0.2, -0.15) is 0 Å². The molecule has 0 heterocycles. The molecular formula is C46H34. The van der Waals surface area contributed by atoms with Crippen molar-refractivity contribution in [3.05, 3.63) is 186 Å². The number of hydrogen-bond acceptors (Lipinski definition) is 0. The van der Waals surface area contributed by atoms with Crippen LogP contribution in [0.2, 0.25) is 0 Å². The van der Waals surface area contributed by atoms with Crippen molar-refractivity contribution in [2.45, 2.75) is 25.2 Å². The fourth-order valence-electron chi connectivity index (χ4n) is 8.00. The molecule has 0 fully saturated rings. The maximum Gasteiger partial charge on any atom is 0.0130 e. The van der Waals surface area contributed by atoms with Crippen molar-refractivity contribution in [1.29, 1.82) is 0 Å². The SMILES string of the molecule is C1=CCC(c2ccccc2)C(c2c3ccccc3c(-c3ccc4c(c3)CCC(c3cccc5ccccc35)=C4)c3ccccc23)=C1. The first-order valence-corrected chi connectivity index (χ1v) is 16.5. The van der Waals surface area contributed by atoms with Crippen molar-refractivity contribution in [3.63, 3.8) is 0 Å². The predicted octanol–water partition coefficient (Wildman–Crippen LogP) is 12.4. The Labute approximate surface area is 270 Å². The zero-order valence-electron chi connectivity index (χ0n) is 25.8. The lowest BCUT2D eigenvalue weighted by molar-refractivity contribution is 0.876. The number of fused-ring (bicyclic) bond motifs is 4. The summed E-state index contributed by atoms with van der Waals surface area (Å²) < 4.78 is 0. The molecule has 0 saturated carbocycles. The number of rotatable bonds is 4. The fraction of sp³-hybridized carbons (Fsp3) is 0.0870. The predicted molar refractivity (Wildman–Crippen MR) is 198 cm³/mol. The fourth-order valence-corrected chi connectivity index (χ4v) is 8.00. The molecule has 9 rings (SSSR count). The van der Waals surface area contributed by atoms with Gasteiger partial charge in [-0.05, 0) is 102 Å². The summed E-state index contributed by atoms with van der Waals surface area (Å²) in [6.45, 7) is 0. The highest BCUT2D eigenvalue weighted by Crippen LogP contribution is 2.47. The highest BCUT2D eigenvalue weighted by atomic mass is 14.3. The van der Waals surface area contributed by atoms with E-state index in [0.717, 1.165) is 19.3 Å². The first-order chi connectivity index (χ1) is 22.8. The minimum absolute atomic E-state index is 0.329. The summed E-state index contributed by atoms with van der Waals surface area (Å²) in [5, 5.41) is 7.94. The van der Waals surface area contributed by atoms with Gasteiger partial charge in [0.05, 0.1) is 0 Å². The van der Waals surface area contributed by atoms with Gasteiger partial charge in [0, 0.05) is 5.92 Å². The van der Waals surface area contributed by atoms with E-state index in [0.29, 0.717) is 5.92 Å². The Morgan fingerprint density at radius 2 is 1.17 bits per heavy atom. The summed E-state index contributed by atoms with van der Waals surface area (Å²) >= 11 is 0. The van der Waals surface area contributed by atoms with Crippen molar-refractivity contribution in [2.75, 3.05) is 0 Å². The molecule has 0 spiro atoms. The molecule has 7 aromatic carbocycles. The van der Waals surface area contributed by atoms with Crippen LogP contribution in [-0.4, -0.2) is 0 Å². The van der Waals surface area contributed by atoms with Crippen molar-refractivity contribution in [1.82, 2.24) is 0 Å². The van der Waals surface area contributed by atoms with Crippen LogP contribution in [0, 0.1) is 0 Å². The molecule has 7 aromatic rings. The first-order valence-electron chi connectivity index (χ1n) is 16.5. The summed E-state index contributed by atoms with van der Waals surface area (Å²) in [5.74, 6) is 0.329. The van der Waals surface area contributed by atoms with Gasteiger partial charge in [0.25, 0.3) is 0 Å². The van der Waals surface area contributed by atoms with Gasteiger partial charge in [0.2, 0.25) is 0 Å². The Morgan fingerprint density at radius 3 is 1.93 bits per heavy atom. The van der Waals surface area contributed by atoms with Gasteiger partial charge in [0.1, 0.15) is 0 Å². The average molecular weight is 587 g/mol. The van der Waals surface area contributed by atoms with Gasteiger partial charge < -0.3 is 0 Å². The van der Waals surface area contributed by atoms with Crippen molar-refractivity contribution in [3.8, 4) is 11.1 Å². The average Bonchev–Trinajstić information content (AvgIpc) is 3.13. The van der Waals surface area contributed by atoms with Crippen molar-refractivity contribution in [2.24, 2.45) is 0 Å².